The third-order valence-corrected chi connectivity index (χ3v) is 5.20. The number of hydrogen-bond acceptors (Lipinski definition) is 2. The van der Waals surface area contributed by atoms with Crippen molar-refractivity contribution in [3.8, 4) is 11.3 Å². The number of aryl methyl sites for hydroxylation is 1. The standard InChI is InChI=1S/C17H13Br2NS/c1-11-17(13-3-2-4-15(19)10-13)20-16(21-11)9-12-5-7-14(18)8-6-12/h2-8,10H,9H2,1H3. The van der Waals surface area contributed by atoms with Gasteiger partial charge in [0.1, 0.15) is 0 Å². The zero-order chi connectivity index (χ0) is 14.8. The van der Waals surface area contributed by atoms with E-state index in [1.54, 1.807) is 11.3 Å². The molecule has 1 heterocycles. The maximum Gasteiger partial charge on any atom is 0.0979 e. The van der Waals surface area contributed by atoms with E-state index in [1.165, 1.54) is 16.0 Å². The number of rotatable bonds is 3. The zero-order valence-electron chi connectivity index (χ0n) is 11.4. The van der Waals surface area contributed by atoms with Gasteiger partial charge in [0, 0.05) is 25.8 Å². The van der Waals surface area contributed by atoms with Gasteiger partial charge in [-0.3, -0.25) is 0 Å². The molecule has 0 saturated carbocycles. The first kappa shape index (κ1) is 14.9. The van der Waals surface area contributed by atoms with Crippen molar-refractivity contribution in [3.63, 3.8) is 0 Å². The average Bonchev–Trinajstić information content (AvgIpc) is 2.82. The van der Waals surface area contributed by atoms with Crippen LogP contribution in [0.1, 0.15) is 15.4 Å². The molecule has 0 saturated heterocycles. The van der Waals surface area contributed by atoms with Gasteiger partial charge in [-0.05, 0) is 36.8 Å². The highest BCUT2D eigenvalue weighted by atomic mass is 79.9. The van der Waals surface area contributed by atoms with Crippen molar-refractivity contribution in [2.24, 2.45) is 0 Å². The summed E-state index contributed by atoms with van der Waals surface area (Å²) in [6, 6.07) is 16.7. The number of nitrogens with zero attached hydrogens (tertiary/aromatic N) is 1. The van der Waals surface area contributed by atoms with Crippen LogP contribution in [-0.4, -0.2) is 4.98 Å². The number of halogens is 2. The molecule has 0 unspecified atom stereocenters. The molecule has 0 aliphatic carbocycles. The summed E-state index contributed by atoms with van der Waals surface area (Å²) in [5.41, 5.74) is 3.54. The summed E-state index contributed by atoms with van der Waals surface area (Å²) in [7, 11) is 0. The molecule has 0 aliphatic heterocycles. The molecule has 21 heavy (non-hydrogen) atoms. The van der Waals surface area contributed by atoms with Crippen LogP contribution in [-0.2, 0) is 6.42 Å². The maximum absolute atomic E-state index is 4.82. The van der Waals surface area contributed by atoms with Crippen LogP contribution >= 0.6 is 43.2 Å². The fourth-order valence-corrected chi connectivity index (χ4v) is 3.86. The Hall–Kier alpha value is -0.970. The van der Waals surface area contributed by atoms with Gasteiger partial charge in [-0.25, -0.2) is 4.98 Å². The van der Waals surface area contributed by atoms with E-state index in [1.807, 2.05) is 12.1 Å². The van der Waals surface area contributed by atoms with Crippen molar-refractivity contribution in [3.05, 3.63) is 72.9 Å². The Morgan fingerprint density at radius 3 is 2.48 bits per heavy atom. The minimum Gasteiger partial charge on any atom is -0.241 e. The van der Waals surface area contributed by atoms with Crippen LogP contribution in [0, 0.1) is 6.92 Å². The summed E-state index contributed by atoms with van der Waals surface area (Å²) in [6.07, 6.45) is 0.882. The van der Waals surface area contributed by atoms with Crippen molar-refractivity contribution in [1.29, 1.82) is 0 Å². The van der Waals surface area contributed by atoms with E-state index in [0.717, 1.165) is 26.1 Å². The summed E-state index contributed by atoms with van der Waals surface area (Å²) in [6.45, 7) is 2.14. The monoisotopic (exact) mass is 421 g/mol. The first-order valence-corrected chi connectivity index (χ1v) is 8.99. The largest absolute Gasteiger partial charge is 0.241 e. The average molecular weight is 423 g/mol. The second-order valence-corrected chi connectivity index (χ2v) is 7.95. The number of benzene rings is 2. The van der Waals surface area contributed by atoms with E-state index in [4.69, 9.17) is 4.98 Å². The molecular weight excluding hydrogens is 410 g/mol. The van der Waals surface area contributed by atoms with E-state index < -0.39 is 0 Å². The second kappa shape index (κ2) is 6.42. The van der Waals surface area contributed by atoms with Gasteiger partial charge in [-0.15, -0.1) is 11.3 Å². The van der Waals surface area contributed by atoms with Crippen LogP contribution in [0.25, 0.3) is 11.3 Å². The highest BCUT2D eigenvalue weighted by Gasteiger charge is 2.10. The number of aromatic nitrogens is 1. The first-order chi connectivity index (χ1) is 10.1. The Balaban J connectivity index is 1.89. The third kappa shape index (κ3) is 3.62. The fraction of sp³-hybridized carbons (Fsp3) is 0.118. The SMILES string of the molecule is Cc1sc(Cc2ccc(Br)cc2)nc1-c1cccc(Br)c1. The predicted octanol–water partition coefficient (Wildman–Crippen LogP) is 6.23. The van der Waals surface area contributed by atoms with Gasteiger partial charge in [-0.2, -0.15) is 0 Å². The van der Waals surface area contributed by atoms with Gasteiger partial charge in [0.05, 0.1) is 10.7 Å². The van der Waals surface area contributed by atoms with Crippen LogP contribution in [0.2, 0.25) is 0 Å². The van der Waals surface area contributed by atoms with Crippen molar-refractivity contribution < 1.29 is 0 Å². The Morgan fingerprint density at radius 2 is 1.76 bits per heavy atom. The summed E-state index contributed by atoms with van der Waals surface area (Å²) in [4.78, 5) is 6.09. The normalized spacial score (nSPS) is 10.8. The number of thiazole rings is 1. The lowest BCUT2D eigenvalue weighted by atomic mass is 10.1. The van der Waals surface area contributed by atoms with Gasteiger partial charge in [0.25, 0.3) is 0 Å². The Morgan fingerprint density at radius 1 is 1.00 bits per heavy atom. The molecule has 2 aromatic carbocycles. The first-order valence-electron chi connectivity index (χ1n) is 6.58. The van der Waals surface area contributed by atoms with Gasteiger partial charge < -0.3 is 0 Å². The molecule has 0 radical (unpaired) electrons. The molecule has 0 N–H and O–H groups in total. The van der Waals surface area contributed by atoms with Crippen LogP contribution in [0.3, 0.4) is 0 Å². The minimum absolute atomic E-state index is 0.882. The topological polar surface area (TPSA) is 12.9 Å². The Labute approximate surface area is 145 Å². The maximum atomic E-state index is 4.82. The van der Waals surface area contributed by atoms with Crippen LogP contribution < -0.4 is 0 Å². The number of hydrogen-bond donors (Lipinski definition) is 0. The quantitative estimate of drug-likeness (QED) is 0.487. The molecule has 3 aromatic rings. The molecule has 0 bridgehead atoms. The molecule has 4 heteroatoms. The van der Waals surface area contributed by atoms with Gasteiger partial charge >= 0.3 is 0 Å². The van der Waals surface area contributed by atoms with Crippen molar-refractivity contribution in [1.82, 2.24) is 4.98 Å². The smallest absolute Gasteiger partial charge is 0.0979 e. The van der Waals surface area contributed by atoms with E-state index in [2.05, 4.69) is 75.2 Å². The lowest BCUT2D eigenvalue weighted by Gasteiger charge is -1.99. The summed E-state index contributed by atoms with van der Waals surface area (Å²) < 4.78 is 2.19. The van der Waals surface area contributed by atoms with Gasteiger partial charge in [0.2, 0.25) is 0 Å². The second-order valence-electron chi connectivity index (χ2n) is 4.83. The Kier molecular flexibility index (Phi) is 4.57. The van der Waals surface area contributed by atoms with Crippen molar-refractivity contribution in [2.75, 3.05) is 0 Å². The predicted molar refractivity (Wildman–Crippen MR) is 96.9 cm³/mol. The molecule has 1 aromatic heterocycles. The van der Waals surface area contributed by atoms with Crippen LogP contribution in [0.15, 0.2) is 57.5 Å². The third-order valence-electron chi connectivity index (χ3n) is 3.21. The lowest BCUT2D eigenvalue weighted by molar-refractivity contribution is 1.14. The molecule has 106 valence electrons. The molecule has 0 amide bonds. The molecule has 0 aliphatic rings. The molecule has 1 nitrogen and oxygen atoms in total. The van der Waals surface area contributed by atoms with E-state index in [0.29, 0.717) is 0 Å². The van der Waals surface area contributed by atoms with E-state index in [-0.39, 0.29) is 0 Å². The van der Waals surface area contributed by atoms with Crippen LogP contribution in [0.5, 0.6) is 0 Å². The highest BCUT2D eigenvalue weighted by Crippen LogP contribution is 2.30. The highest BCUT2D eigenvalue weighted by molar-refractivity contribution is 9.10. The van der Waals surface area contributed by atoms with Crippen molar-refractivity contribution >= 4 is 43.2 Å². The Bertz CT molecular complexity index is 763. The molecule has 3 rings (SSSR count). The molecular formula is C17H13Br2NS. The van der Waals surface area contributed by atoms with E-state index >= 15 is 0 Å². The van der Waals surface area contributed by atoms with Gasteiger partial charge in [0.15, 0.2) is 0 Å². The fourth-order valence-electron chi connectivity index (χ4n) is 2.21. The summed E-state index contributed by atoms with van der Waals surface area (Å²) >= 11 is 8.76. The van der Waals surface area contributed by atoms with E-state index in [9.17, 15) is 0 Å². The molecule has 0 fully saturated rings. The summed E-state index contributed by atoms with van der Waals surface area (Å²) in [5.74, 6) is 0. The van der Waals surface area contributed by atoms with Crippen LogP contribution in [0.4, 0.5) is 0 Å². The summed E-state index contributed by atoms with van der Waals surface area (Å²) in [5, 5.41) is 1.16. The lowest BCUT2D eigenvalue weighted by Crippen LogP contribution is -1.87. The minimum atomic E-state index is 0.882. The van der Waals surface area contributed by atoms with Gasteiger partial charge in [-0.1, -0.05) is 56.1 Å². The zero-order valence-corrected chi connectivity index (χ0v) is 15.4. The molecule has 0 spiro atoms. The molecule has 0 atom stereocenters. The van der Waals surface area contributed by atoms with Crippen molar-refractivity contribution in [2.45, 2.75) is 13.3 Å².